The van der Waals surface area contributed by atoms with Gasteiger partial charge in [-0.1, -0.05) is 0 Å². The average Bonchev–Trinajstić information content (AvgIpc) is 3.10. The molecule has 1 aliphatic rings. The predicted octanol–water partition coefficient (Wildman–Crippen LogP) is 2.46. The molecule has 0 radical (unpaired) electrons. The van der Waals surface area contributed by atoms with Gasteiger partial charge in [-0.15, -0.1) is 0 Å². The molecule has 1 aromatic carbocycles. The van der Waals surface area contributed by atoms with E-state index in [4.69, 9.17) is 9.47 Å². The van der Waals surface area contributed by atoms with Crippen LogP contribution in [0, 0.1) is 0 Å². The van der Waals surface area contributed by atoms with Gasteiger partial charge in [-0.2, -0.15) is 0 Å². The number of ether oxygens (including phenoxy) is 2. The minimum absolute atomic E-state index is 0.0225. The summed E-state index contributed by atoms with van der Waals surface area (Å²) >= 11 is 0. The van der Waals surface area contributed by atoms with Crippen molar-refractivity contribution in [3.05, 3.63) is 48.2 Å². The van der Waals surface area contributed by atoms with Crippen molar-refractivity contribution in [2.45, 2.75) is 19.4 Å². The minimum atomic E-state index is -0.268. The molecule has 2 amide bonds. The van der Waals surface area contributed by atoms with Gasteiger partial charge in [0.25, 0.3) is 5.91 Å². The van der Waals surface area contributed by atoms with Gasteiger partial charge in [0.05, 0.1) is 18.8 Å². The van der Waals surface area contributed by atoms with Gasteiger partial charge >= 0.3 is 0 Å². The first-order chi connectivity index (χ1) is 12.1. The molecule has 1 aromatic heterocycles. The Labute approximate surface area is 145 Å². The molecule has 2 heterocycles. The summed E-state index contributed by atoms with van der Waals surface area (Å²) in [6.45, 7) is 2.71. The molecule has 7 nitrogen and oxygen atoms in total. The highest BCUT2D eigenvalue weighted by Gasteiger charge is 2.17. The number of benzene rings is 1. The van der Waals surface area contributed by atoms with Gasteiger partial charge in [0, 0.05) is 37.0 Å². The molecule has 1 unspecified atom stereocenters. The molecule has 1 atom stereocenters. The highest BCUT2D eigenvalue weighted by molar-refractivity contribution is 6.04. The highest BCUT2D eigenvalue weighted by Crippen LogP contribution is 2.17. The molecule has 2 N–H and O–H groups in total. The molecule has 1 aliphatic heterocycles. The molecule has 0 spiro atoms. The lowest BCUT2D eigenvalue weighted by atomic mass is 10.2. The number of nitrogens with one attached hydrogen (secondary N) is 2. The summed E-state index contributed by atoms with van der Waals surface area (Å²) in [5.74, 6) is 0.0663. The van der Waals surface area contributed by atoms with E-state index in [2.05, 4.69) is 15.6 Å². The van der Waals surface area contributed by atoms with Crippen molar-refractivity contribution < 1.29 is 19.1 Å². The van der Waals surface area contributed by atoms with Crippen LogP contribution in [0.2, 0.25) is 0 Å². The fourth-order valence-electron chi connectivity index (χ4n) is 2.40. The molecular formula is C18H19N3O4. The van der Waals surface area contributed by atoms with Crippen molar-refractivity contribution in [1.29, 1.82) is 0 Å². The normalized spacial score (nSPS) is 16.3. The summed E-state index contributed by atoms with van der Waals surface area (Å²) < 4.78 is 10.9. The number of aromatic nitrogens is 1. The fourth-order valence-corrected chi connectivity index (χ4v) is 2.40. The number of anilines is 2. The third-order valence-electron chi connectivity index (χ3n) is 3.64. The van der Waals surface area contributed by atoms with Crippen LogP contribution in [0.4, 0.5) is 11.4 Å². The second kappa shape index (κ2) is 7.76. The van der Waals surface area contributed by atoms with Crippen LogP contribution in [-0.4, -0.2) is 36.1 Å². The van der Waals surface area contributed by atoms with E-state index >= 15 is 0 Å². The van der Waals surface area contributed by atoms with Gasteiger partial charge in [-0.05, 0) is 30.3 Å². The van der Waals surface area contributed by atoms with Crippen molar-refractivity contribution in [1.82, 2.24) is 4.98 Å². The standard InChI is InChI=1S/C18H19N3O4/c1-12(22)20-14-3-5-15(6-4-14)21-18(23)13-2-7-17(19-10-13)25-16-8-9-24-11-16/h2-7,10,16H,8-9,11H2,1H3,(H,20,22)(H,21,23). The van der Waals surface area contributed by atoms with Gasteiger partial charge in [-0.25, -0.2) is 4.98 Å². The lowest BCUT2D eigenvalue weighted by Gasteiger charge is -2.11. The summed E-state index contributed by atoms with van der Waals surface area (Å²) in [4.78, 5) is 27.4. The third kappa shape index (κ3) is 4.77. The molecule has 0 bridgehead atoms. The third-order valence-corrected chi connectivity index (χ3v) is 3.64. The lowest BCUT2D eigenvalue weighted by Crippen LogP contribution is -2.17. The molecule has 2 aromatic rings. The predicted molar refractivity (Wildman–Crippen MR) is 92.8 cm³/mol. The minimum Gasteiger partial charge on any atom is -0.472 e. The van der Waals surface area contributed by atoms with E-state index in [9.17, 15) is 9.59 Å². The molecule has 7 heteroatoms. The van der Waals surface area contributed by atoms with Crippen LogP contribution >= 0.6 is 0 Å². The summed E-state index contributed by atoms with van der Waals surface area (Å²) in [5, 5.41) is 5.45. The van der Waals surface area contributed by atoms with Gasteiger partial charge in [-0.3, -0.25) is 9.59 Å². The van der Waals surface area contributed by atoms with E-state index < -0.39 is 0 Å². The van der Waals surface area contributed by atoms with Crippen LogP contribution in [-0.2, 0) is 9.53 Å². The van der Waals surface area contributed by atoms with Crippen molar-refractivity contribution in [3.8, 4) is 5.88 Å². The fraction of sp³-hybridized carbons (Fsp3) is 0.278. The molecule has 1 fully saturated rings. The Balaban J connectivity index is 1.57. The number of rotatable bonds is 5. The zero-order chi connectivity index (χ0) is 17.6. The van der Waals surface area contributed by atoms with Gasteiger partial charge in [0.2, 0.25) is 11.8 Å². The number of hydrogen-bond acceptors (Lipinski definition) is 5. The highest BCUT2D eigenvalue weighted by atomic mass is 16.5. The Morgan fingerprint density at radius 3 is 2.40 bits per heavy atom. The summed E-state index contributed by atoms with van der Waals surface area (Å²) in [5.41, 5.74) is 1.73. The van der Waals surface area contributed by atoms with Crippen molar-refractivity contribution in [3.63, 3.8) is 0 Å². The first kappa shape index (κ1) is 16.9. The topological polar surface area (TPSA) is 89.6 Å². The molecule has 3 rings (SSSR count). The Hall–Kier alpha value is -2.93. The van der Waals surface area contributed by atoms with Crippen LogP contribution in [0.15, 0.2) is 42.6 Å². The Morgan fingerprint density at radius 2 is 1.84 bits per heavy atom. The number of hydrogen-bond donors (Lipinski definition) is 2. The van der Waals surface area contributed by atoms with Crippen LogP contribution in [0.3, 0.4) is 0 Å². The number of carbonyl (C=O) groups is 2. The summed E-state index contributed by atoms with van der Waals surface area (Å²) in [6, 6.07) is 10.2. The van der Waals surface area contributed by atoms with E-state index in [1.165, 1.54) is 13.1 Å². The first-order valence-electron chi connectivity index (χ1n) is 7.99. The lowest BCUT2D eigenvalue weighted by molar-refractivity contribution is -0.114. The second-order valence-corrected chi connectivity index (χ2v) is 5.70. The van der Waals surface area contributed by atoms with Gasteiger partial charge < -0.3 is 20.1 Å². The van der Waals surface area contributed by atoms with E-state index in [0.717, 1.165) is 6.42 Å². The number of nitrogens with zero attached hydrogens (tertiary/aromatic N) is 1. The van der Waals surface area contributed by atoms with Gasteiger partial charge in [0.1, 0.15) is 6.10 Å². The smallest absolute Gasteiger partial charge is 0.257 e. The Bertz CT molecular complexity index is 738. The molecule has 130 valence electrons. The maximum Gasteiger partial charge on any atom is 0.257 e. The average molecular weight is 341 g/mol. The van der Waals surface area contributed by atoms with Crippen LogP contribution in [0.25, 0.3) is 0 Å². The van der Waals surface area contributed by atoms with Crippen molar-refractivity contribution >= 4 is 23.2 Å². The Morgan fingerprint density at radius 1 is 1.12 bits per heavy atom. The van der Waals surface area contributed by atoms with Gasteiger partial charge in [0.15, 0.2) is 0 Å². The van der Waals surface area contributed by atoms with E-state index in [1.54, 1.807) is 36.4 Å². The van der Waals surface area contributed by atoms with Crippen LogP contribution in [0.1, 0.15) is 23.7 Å². The van der Waals surface area contributed by atoms with E-state index in [0.29, 0.717) is 36.0 Å². The van der Waals surface area contributed by atoms with Crippen molar-refractivity contribution in [2.75, 3.05) is 23.8 Å². The maximum absolute atomic E-state index is 12.3. The summed E-state index contributed by atoms with van der Waals surface area (Å²) in [7, 11) is 0. The van der Waals surface area contributed by atoms with Crippen molar-refractivity contribution in [2.24, 2.45) is 0 Å². The molecule has 0 saturated carbocycles. The Kier molecular flexibility index (Phi) is 5.25. The zero-order valence-electron chi connectivity index (χ0n) is 13.8. The first-order valence-corrected chi connectivity index (χ1v) is 7.99. The van der Waals surface area contributed by atoms with Crippen LogP contribution in [0.5, 0.6) is 5.88 Å². The molecule has 25 heavy (non-hydrogen) atoms. The number of pyridine rings is 1. The maximum atomic E-state index is 12.3. The second-order valence-electron chi connectivity index (χ2n) is 5.70. The quantitative estimate of drug-likeness (QED) is 0.872. The molecule has 1 saturated heterocycles. The number of amides is 2. The van der Waals surface area contributed by atoms with Crippen LogP contribution < -0.4 is 15.4 Å². The largest absolute Gasteiger partial charge is 0.472 e. The molecular weight excluding hydrogens is 322 g/mol. The molecule has 0 aliphatic carbocycles. The zero-order valence-corrected chi connectivity index (χ0v) is 13.8. The van der Waals surface area contributed by atoms with E-state index in [-0.39, 0.29) is 17.9 Å². The summed E-state index contributed by atoms with van der Waals surface area (Å²) in [6.07, 6.45) is 2.35. The number of carbonyl (C=O) groups excluding carboxylic acids is 2. The van der Waals surface area contributed by atoms with E-state index in [1.807, 2.05) is 0 Å². The SMILES string of the molecule is CC(=O)Nc1ccc(NC(=O)c2ccc(OC3CCOC3)nc2)cc1. The monoisotopic (exact) mass is 341 g/mol.